The minimum atomic E-state index is -0.992. The normalized spacial score (nSPS) is 14.6. The Bertz CT molecular complexity index is 704. The topological polar surface area (TPSA) is 98.3 Å². The third kappa shape index (κ3) is 2.80. The van der Waals surface area contributed by atoms with Crippen LogP contribution in [0.4, 0.5) is 0 Å². The number of likely N-dealkylation sites (tertiary alicyclic amines) is 1. The largest absolute Gasteiger partial charge is 0.478 e. The number of aromatic carboxylic acids is 1. The first-order valence-corrected chi connectivity index (χ1v) is 7.33. The van der Waals surface area contributed by atoms with E-state index in [0.717, 1.165) is 31.5 Å². The van der Waals surface area contributed by atoms with Crippen LogP contribution in [0.15, 0.2) is 18.5 Å². The van der Waals surface area contributed by atoms with Crippen molar-refractivity contribution in [3.63, 3.8) is 0 Å². The minimum Gasteiger partial charge on any atom is -0.478 e. The highest BCUT2D eigenvalue weighted by Crippen LogP contribution is 2.20. The van der Waals surface area contributed by atoms with Crippen LogP contribution in [0.25, 0.3) is 11.0 Å². The molecule has 1 saturated heterocycles. The summed E-state index contributed by atoms with van der Waals surface area (Å²) in [4.78, 5) is 32.1. The van der Waals surface area contributed by atoms with Crippen LogP contribution in [0.2, 0.25) is 0 Å². The minimum absolute atomic E-state index is 0.0929. The second-order valence-electron chi connectivity index (χ2n) is 5.39. The molecular formula is C15H18N4O3. The van der Waals surface area contributed by atoms with Crippen LogP contribution in [0.3, 0.4) is 0 Å². The number of rotatable bonds is 5. The molecule has 22 heavy (non-hydrogen) atoms. The van der Waals surface area contributed by atoms with Crippen molar-refractivity contribution in [1.82, 2.24) is 20.2 Å². The van der Waals surface area contributed by atoms with E-state index in [2.05, 4.69) is 15.3 Å². The SMILES string of the molecule is O=C(O)c1c[nH]c2nccc(CNCC(=O)N3CCCC3)c12. The average molecular weight is 302 g/mol. The lowest BCUT2D eigenvalue weighted by atomic mass is 10.1. The van der Waals surface area contributed by atoms with Crippen LogP contribution >= 0.6 is 0 Å². The maximum Gasteiger partial charge on any atom is 0.337 e. The van der Waals surface area contributed by atoms with Gasteiger partial charge in [0.05, 0.1) is 12.1 Å². The Hall–Kier alpha value is -2.41. The van der Waals surface area contributed by atoms with Gasteiger partial charge in [0.25, 0.3) is 0 Å². The number of aromatic nitrogens is 2. The second kappa shape index (κ2) is 6.15. The second-order valence-corrected chi connectivity index (χ2v) is 5.39. The maximum absolute atomic E-state index is 12.0. The van der Waals surface area contributed by atoms with Crippen LogP contribution in [-0.4, -0.2) is 51.5 Å². The Morgan fingerprint density at radius 3 is 2.86 bits per heavy atom. The number of hydrogen-bond donors (Lipinski definition) is 3. The molecule has 0 atom stereocenters. The molecule has 1 fully saturated rings. The van der Waals surface area contributed by atoms with Crippen LogP contribution in [0, 0.1) is 0 Å². The molecule has 7 nitrogen and oxygen atoms in total. The number of aromatic amines is 1. The van der Waals surface area contributed by atoms with Gasteiger partial charge in [0, 0.05) is 37.4 Å². The first-order valence-electron chi connectivity index (χ1n) is 7.33. The maximum atomic E-state index is 12.0. The van der Waals surface area contributed by atoms with E-state index < -0.39 is 5.97 Å². The first-order chi connectivity index (χ1) is 10.7. The fourth-order valence-electron chi connectivity index (χ4n) is 2.82. The molecule has 0 saturated carbocycles. The summed E-state index contributed by atoms with van der Waals surface area (Å²) in [5, 5.41) is 12.9. The quantitative estimate of drug-likeness (QED) is 0.764. The summed E-state index contributed by atoms with van der Waals surface area (Å²) < 4.78 is 0. The molecule has 7 heteroatoms. The number of nitrogens with zero attached hydrogens (tertiary/aromatic N) is 2. The zero-order chi connectivity index (χ0) is 15.5. The van der Waals surface area contributed by atoms with Crippen LogP contribution in [0.1, 0.15) is 28.8 Å². The molecular weight excluding hydrogens is 284 g/mol. The number of carboxylic acids is 1. The third-order valence-electron chi connectivity index (χ3n) is 3.94. The molecule has 1 amide bonds. The van der Waals surface area contributed by atoms with Crippen LogP contribution < -0.4 is 5.32 Å². The van der Waals surface area contributed by atoms with Crippen molar-refractivity contribution in [3.05, 3.63) is 29.6 Å². The van der Waals surface area contributed by atoms with Crippen molar-refractivity contribution in [2.75, 3.05) is 19.6 Å². The molecule has 0 spiro atoms. The molecule has 1 aliphatic rings. The summed E-state index contributed by atoms with van der Waals surface area (Å²) in [5.41, 5.74) is 1.56. The summed E-state index contributed by atoms with van der Waals surface area (Å²) in [5.74, 6) is -0.899. The molecule has 3 rings (SSSR count). The Kier molecular flexibility index (Phi) is 4.06. The number of amides is 1. The van der Waals surface area contributed by atoms with E-state index in [9.17, 15) is 14.7 Å². The van der Waals surface area contributed by atoms with Crippen molar-refractivity contribution in [3.8, 4) is 0 Å². The van der Waals surface area contributed by atoms with Gasteiger partial charge in [0.15, 0.2) is 0 Å². The molecule has 0 radical (unpaired) electrons. The predicted molar refractivity (Wildman–Crippen MR) is 80.6 cm³/mol. The molecule has 3 heterocycles. The van der Waals surface area contributed by atoms with Crippen LogP contribution in [-0.2, 0) is 11.3 Å². The van der Waals surface area contributed by atoms with Gasteiger partial charge in [-0.1, -0.05) is 0 Å². The van der Waals surface area contributed by atoms with Crippen molar-refractivity contribution >= 4 is 22.9 Å². The fraction of sp³-hybridized carbons (Fsp3) is 0.400. The summed E-state index contributed by atoms with van der Waals surface area (Å²) in [6.45, 7) is 2.36. The summed E-state index contributed by atoms with van der Waals surface area (Å²) in [6.07, 6.45) is 5.22. The lowest BCUT2D eigenvalue weighted by Gasteiger charge is -2.15. The third-order valence-corrected chi connectivity index (χ3v) is 3.94. The van der Waals surface area contributed by atoms with E-state index in [1.807, 2.05) is 4.90 Å². The predicted octanol–water partition coefficient (Wildman–Crippen LogP) is 0.973. The summed E-state index contributed by atoms with van der Waals surface area (Å²) in [6, 6.07) is 1.77. The smallest absolute Gasteiger partial charge is 0.337 e. The molecule has 0 unspecified atom stereocenters. The van der Waals surface area contributed by atoms with E-state index in [0.29, 0.717) is 17.6 Å². The van der Waals surface area contributed by atoms with Crippen molar-refractivity contribution in [2.45, 2.75) is 19.4 Å². The zero-order valence-electron chi connectivity index (χ0n) is 12.1. The number of carbonyl (C=O) groups is 2. The highest BCUT2D eigenvalue weighted by atomic mass is 16.4. The first kappa shape index (κ1) is 14.5. The number of pyridine rings is 1. The molecule has 2 aromatic heterocycles. The lowest BCUT2D eigenvalue weighted by molar-refractivity contribution is -0.129. The van der Waals surface area contributed by atoms with Gasteiger partial charge >= 0.3 is 5.97 Å². The number of hydrogen-bond acceptors (Lipinski definition) is 4. The van der Waals surface area contributed by atoms with Crippen LogP contribution in [0.5, 0.6) is 0 Å². The molecule has 0 bridgehead atoms. The van der Waals surface area contributed by atoms with Gasteiger partial charge in [-0.05, 0) is 24.5 Å². The average Bonchev–Trinajstić information content (AvgIpc) is 3.17. The highest BCUT2D eigenvalue weighted by Gasteiger charge is 2.18. The van der Waals surface area contributed by atoms with Gasteiger partial charge in [-0.25, -0.2) is 9.78 Å². The molecule has 1 aliphatic heterocycles. The van der Waals surface area contributed by atoms with Gasteiger partial charge in [-0.3, -0.25) is 4.79 Å². The molecule has 0 aliphatic carbocycles. The van der Waals surface area contributed by atoms with E-state index in [1.165, 1.54) is 6.20 Å². The molecule has 0 aromatic carbocycles. The Balaban J connectivity index is 1.69. The van der Waals surface area contributed by atoms with Gasteiger partial charge in [0.1, 0.15) is 5.65 Å². The van der Waals surface area contributed by atoms with Crippen molar-refractivity contribution < 1.29 is 14.7 Å². The summed E-state index contributed by atoms with van der Waals surface area (Å²) in [7, 11) is 0. The Morgan fingerprint density at radius 1 is 1.36 bits per heavy atom. The standard InChI is InChI=1S/C15H18N4O3/c20-12(19-5-1-2-6-19)9-16-7-10-3-4-17-14-13(10)11(8-18-14)15(21)22/h3-4,8,16H,1-2,5-7,9H2,(H,17,18)(H,21,22). The number of nitrogens with one attached hydrogen (secondary N) is 2. The zero-order valence-corrected chi connectivity index (χ0v) is 12.1. The van der Waals surface area contributed by atoms with E-state index in [4.69, 9.17) is 0 Å². The van der Waals surface area contributed by atoms with E-state index in [-0.39, 0.29) is 18.0 Å². The number of fused-ring (bicyclic) bond motifs is 1. The Morgan fingerprint density at radius 2 is 2.14 bits per heavy atom. The lowest BCUT2D eigenvalue weighted by Crippen LogP contribution is -2.36. The van der Waals surface area contributed by atoms with E-state index >= 15 is 0 Å². The number of carboxylic acid groups (broad SMARTS) is 1. The number of H-pyrrole nitrogens is 1. The van der Waals surface area contributed by atoms with Gasteiger partial charge in [0.2, 0.25) is 5.91 Å². The molecule has 3 N–H and O–H groups in total. The van der Waals surface area contributed by atoms with Crippen molar-refractivity contribution in [2.24, 2.45) is 0 Å². The van der Waals surface area contributed by atoms with Gasteiger partial charge in [-0.15, -0.1) is 0 Å². The fourth-order valence-corrected chi connectivity index (χ4v) is 2.82. The summed E-state index contributed by atoms with van der Waals surface area (Å²) >= 11 is 0. The Labute approximate surface area is 127 Å². The van der Waals surface area contributed by atoms with Gasteiger partial charge in [-0.2, -0.15) is 0 Å². The molecule has 2 aromatic rings. The van der Waals surface area contributed by atoms with E-state index in [1.54, 1.807) is 12.3 Å². The highest BCUT2D eigenvalue weighted by molar-refractivity contribution is 6.03. The molecule has 116 valence electrons. The van der Waals surface area contributed by atoms with Gasteiger partial charge < -0.3 is 20.3 Å². The monoisotopic (exact) mass is 302 g/mol. The van der Waals surface area contributed by atoms with Crippen molar-refractivity contribution in [1.29, 1.82) is 0 Å². The number of carbonyl (C=O) groups excluding carboxylic acids is 1.